The van der Waals surface area contributed by atoms with E-state index in [1.807, 2.05) is 29.7 Å². The van der Waals surface area contributed by atoms with E-state index in [1.165, 1.54) is 0 Å². The van der Waals surface area contributed by atoms with Gasteiger partial charge in [-0.3, -0.25) is 9.69 Å². The monoisotopic (exact) mass is 359 g/mol. The zero-order valence-electron chi connectivity index (χ0n) is 15.7. The van der Waals surface area contributed by atoms with Crippen molar-refractivity contribution >= 4 is 22.5 Å². The molecule has 0 saturated carbocycles. The number of fused-ring (bicyclic) bond motifs is 1. The van der Waals surface area contributed by atoms with Crippen molar-refractivity contribution in [1.29, 1.82) is 0 Å². The lowest BCUT2D eigenvalue weighted by molar-refractivity contribution is 0.0776. The van der Waals surface area contributed by atoms with Crippen LogP contribution >= 0.6 is 11.6 Å². The summed E-state index contributed by atoms with van der Waals surface area (Å²) in [5, 5.41) is 1.77. The normalized spacial score (nSPS) is 19.5. The Morgan fingerprint density at radius 3 is 2.68 bits per heavy atom. The van der Waals surface area contributed by atoms with Crippen molar-refractivity contribution in [3.63, 3.8) is 0 Å². The molecule has 1 fully saturated rings. The molecule has 1 aromatic carbocycles. The van der Waals surface area contributed by atoms with Gasteiger partial charge in [0.25, 0.3) is 5.56 Å². The molecular weight excluding hydrogens is 332 g/mol. The Labute approximate surface area is 155 Å². The molecule has 3 nitrogen and oxygen atoms in total. The molecule has 135 valence electrons. The Kier molecular flexibility index (Phi) is 5.26. The maximum absolute atomic E-state index is 12.6. The fraction of sp³-hybridized carbons (Fsp3) is 0.524. The largest absolute Gasteiger partial charge is 0.307 e. The predicted octanol–water partition coefficient (Wildman–Crippen LogP) is 4.68. The molecule has 0 aliphatic carbocycles. The van der Waals surface area contributed by atoms with Crippen LogP contribution in [0.2, 0.25) is 5.02 Å². The quantitative estimate of drug-likeness (QED) is 0.795. The third-order valence-electron chi connectivity index (χ3n) is 5.34. The second-order valence-corrected chi connectivity index (χ2v) is 8.65. The van der Waals surface area contributed by atoms with Crippen molar-refractivity contribution in [2.45, 2.75) is 53.1 Å². The van der Waals surface area contributed by atoms with Gasteiger partial charge in [0.2, 0.25) is 0 Å². The standard InChI is InChI=1S/C21H28ClN2O/c1-15-13-20(25)24(18-14-16(22)8-9-17(15)18)12-11-23-10-6-5-7-19(23)21(2,3)4/h5,8-9,13-14,19H,6-7,10-12H2,1-4H3. The molecule has 1 aliphatic heterocycles. The van der Waals surface area contributed by atoms with Crippen LogP contribution in [0.25, 0.3) is 10.9 Å². The van der Waals surface area contributed by atoms with Gasteiger partial charge in [0.15, 0.2) is 0 Å². The van der Waals surface area contributed by atoms with Crippen LogP contribution in [-0.4, -0.2) is 28.6 Å². The summed E-state index contributed by atoms with van der Waals surface area (Å²) in [5.41, 5.74) is 2.24. The van der Waals surface area contributed by atoms with Crippen molar-refractivity contribution < 1.29 is 0 Å². The van der Waals surface area contributed by atoms with E-state index in [0.29, 0.717) is 17.6 Å². The molecule has 2 aromatic rings. The van der Waals surface area contributed by atoms with Crippen LogP contribution < -0.4 is 5.56 Å². The number of hydrogen-bond donors (Lipinski definition) is 0. The lowest BCUT2D eigenvalue weighted by Crippen LogP contribution is -2.48. The van der Waals surface area contributed by atoms with Gasteiger partial charge in [0.1, 0.15) is 0 Å². The van der Waals surface area contributed by atoms with Crippen molar-refractivity contribution in [2.24, 2.45) is 5.41 Å². The Bertz CT molecular complexity index is 819. The molecule has 0 bridgehead atoms. The SMILES string of the molecule is Cc1cc(=O)n(CCN2CC[CH]CC2C(C)(C)C)c2cc(Cl)ccc12. The molecule has 1 unspecified atom stereocenters. The van der Waals surface area contributed by atoms with Crippen LogP contribution in [0.5, 0.6) is 0 Å². The number of nitrogens with zero attached hydrogens (tertiary/aromatic N) is 2. The molecule has 1 atom stereocenters. The Morgan fingerprint density at radius 2 is 1.96 bits per heavy atom. The predicted molar refractivity (Wildman–Crippen MR) is 106 cm³/mol. The van der Waals surface area contributed by atoms with Gasteiger partial charge in [-0.05, 0) is 55.8 Å². The number of likely N-dealkylation sites (tertiary alicyclic amines) is 1. The number of aromatic nitrogens is 1. The summed E-state index contributed by atoms with van der Waals surface area (Å²) in [6.45, 7) is 11.5. The number of piperidine rings is 1. The smallest absolute Gasteiger partial charge is 0.251 e. The average molecular weight is 360 g/mol. The topological polar surface area (TPSA) is 25.2 Å². The highest BCUT2D eigenvalue weighted by Crippen LogP contribution is 2.31. The number of rotatable bonds is 3. The van der Waals surface area contributed by atoms with E-state index in [0.717, 1.165) is 42.4 Å². The minimum Gasteiger partial charge on any atom is -0.307 e. The van der Waals surface area contributed by atoms with Crippen LogP contribution in [-0.2, 0) is 6.54 Å². The minimum atomic E-state index is 0.0585. The molecule has 1 aliphatic rings. The fourth-order valence-corrected chi connectivity index (χ4v) is 4.15. The number of pyridine rings is 1. The fourth-order valence-electron chi connectivity index (χ4n) is 3.99. The number of benzene rings is 1. The summed E-state index contributed by atoms with van der Waals surface area (Å²) in [6.07, 6.45) is 4.65. The minimum absolute atomic E-state index is 0.0585. The Hall–Kier alpha value is -1.32. The lowest BCUT2D eigenvalue weighted by atomic mass is 9.80. The third kappa shape index (κ3) is 3.93. The first-order valence-electron chi connectivity index (χ1n) is 9.13. The molecule has 1 radical (unpaired) electrons. The first-order valence-corrected chi connectivity index (χ1v) is 9.50. The van der Waals surface area contributed by atoms with Crippen molar-refractivity contribution in [3.05, 3.63) is 51.6 Å². The average Bonchev–Trinajstić information content (AvgIpc) is 2.53. The molecule has 3 rings (SSSR count). The molecule has 1 saturated heterocycles. The van der Waals surface area contributed by atoms with Gasteiger partial charge in [-0.2, -0.15) is 0 Å². The van der Waals surface area contributed by atoms with Gasteiger partial charge < -0.3 is 4.57 Å². The Balaban J connectivity index is 1.90. The van der Waals surface area contributed by atoms with Crippen LogP contribution in [0, 0.1) is 18.8 Å². The summed E-state index contributed by atoms with van der Waals surface area (Å²) in [7, 11) is 0. The number of halogens is 1. The zero-order chi connectivity index (χ0) is 18.2. The highest BCUT2D eigenvalue weighted by Gasteiger charge is 2.32. The van der Waals surface area contributed by atoms with Gasteiger partial charge in [-0.25, -0.2) is 0 Å². The van der Waals surface area contributed by atoms with Crippen molar-refractivity contribution in [2.75, 3.05) is 13.1 Å². The second kappa shape index (κ2) is 7.13. The molecular formula is C21H28ClN2O. The maximum Gasteiger partial charge on any atom is 0.251 e. The summed E-state index contributed by atoms with van der Waals surface area (Å²) in [6, 6.07) is 8.08. The van der Waals surface area contributed by atoms with E-state index < -0.39 is 0 Å². The molecule has 25 heavy (non-hydrogen) atoms. The maximum atomic E-state index is 12.6. The Morgan fingerprint density at radius 1 is 1.20 bits per heavy atom. The van der Waals surface area contributed by atoms with Gasteiger partial charge >= 0.3 is 0 Å². The van der Waals surface area contributed by atoms with E-state index in [1.54, 1.807) is 6.07 Å². The molecule has 1 aromatic heterocycles. The van der Waals surface area contributed by atoms with Crippen molar-refractivity contribution in [1.82, 2.24) is 9.47 Å². The first-order chi connectivity index (χ1) is 11.8. The highest BCUT2D eigenvalue weighted by atomic mass is 35.5. The molecule has 4 heteroatoms. The van der Waals surface area contributed by atoms with Gasteiger partial charge in [-0.15, -0.1) is 0 Å². The van der Waals surface area contributed by atoms with Gasteiger partial charge in [0, 0.05) is 35.6 Å². The highest BCUT2D eigenvalue weighted by molar-refractivity contribution is 6.31. The van der Waals surface area contributed by atoms with Crippen LogP contribution in [0.3, 0.4) is 0 Å². The van der Waals surface area contributed by atoms with Crippen LogP contribution in [0.4, 0.5) is 0 Å². The molecule has 2 heterocycles. The molecule has 0 amide bonds. The van der Waals surface area contributed by atoms with E-state index >= 15 is 0 Å². The van der Waals surface area contributed by atoms with E-state index in [4.69, 9.17) is 11.6 Å². The molecule has 0 spiro atoms. The van der Waals surface area contributed by atoms with E-state index in [-0.39, 0.29) is 11.0 Å². The van der Waals surface area contributed by atoms with E-state index in [9.17, 15) is 4.79 Å². The number of hydrogen-bond acceptors (Lipinski definition) is 2. The second-order valence-electron chi connectivity index (χ2n) is 8.21. The van der Waals surface area contributed by atoms with Gasteiger partial charge in [0.05, 0.1) is 5.52 Å². The van der Waals surface area contributed by atoms with Gasteiger partial charge in [-0.1, -0.05) is 38.4 Å². The lowest BCUT2D eigenvalue weighted by Gasteiger charge is -2.43. The summed E-state index contributed by atoms with van der Waals surface area (Å²) >= 11 is 6.20. The van der Waals surface area contributed by atoms with Crippen LogP contribution in [0.1, 0.15) is 39.2 Å². The summed E-state index contributed by atoms with van der Waals surface area (Å²) in [4.78, 5) is 15.2. The first kappa shape index (κ1) is 18.5. The summed E-state index contributed by atoms with van der Waals surface area (Å²) in [5.74, 6) is 0. The molecule has 0 N–H and O–H groups in total. The zero-order valence-corrected chi connectivity index (χ0v) is 16.4. The number of aryl methyl sites for hydroxylation is 1. The summed E-state index contributed by atoms with van der Waals surface area (Å²) < 4.78 is 1.88. The third-order valence-corrected chi connectivity index (χ3v) is 5.58. The van der Waals surface area contributed by atoms with Crippen LogP contribution in [0.15, 0.2) is 29.1 Å². The van der Waals surface area contributed by atoms with E-state index in [2.05, 4.69) is 32.1 Å². The van der Waals surface area contributed by atoms with Crippen molar-refractivity contribution in [3.8, 4) is 0 Å².